The lowest BCUT2D eigenvalue weighted by molar-refractivity contribution is 0.788. The van der Waals surface area contributed by atoms with Gasteiger partial charge in [-0.1, -0.05) is 31.2 Å². The van der Waals surface area contributed by atoms with Crippen LogP contribution in [0.25, 0.3) is 0 Å². The molecule has 0 saturated carbocycles. The molecule has 5 heteroatoms. The number of hydrogen-bond donors (Lipinski definition) is 2. The molecule has 124 valence electrons. The van der Waals surface area contributed by atoms with Gasteiger partial charge < -0.3 is 10.6 Å². The third-order valence-corrected chi connectivity index (χ3v) is 4.63. The molecule has 0 radical (unpaired) electrons. The molecular formula is C18H26N4S. The van der Waals surface area contributed by atoms with Crippen LogP contribution < -0.4 is 10.6 Å². The van der Waals surface area contributed by atoms with Crippen molar-refractivity contribution in [2.24, 2.45) is 4.99 Å². The average molecular weight is 331 g/mol. The highest BCUT2D eigenvalue weighted by atomic mass is 32.1. The summed E-state index contributed by atoms with van der Waals surface area (Å²) in [6.07, 6.45) is 1.93. The van der Waals surface area contributed by atoms with Crippen molar-refractivity contribution in [3.63, 3.8) is 0 Å². The molecule has 0 spiro atoms. The fraction of sp³-hybridized carbons (Fsp3) is 0.444. The van der Waals surface area contributed by atoms with Crippen LogP contribution in [0.1, 0.15) is 35.7 Å². The summed E-state index contributed by atoms with van der Waals surface area (Å²) >= 11 is 1.74. The molecule has 1 aromatic heterocycles. The van der Waals surface area contributed by atoms with Crippen molar-refractivity contribution in [2.75, 3.05) is 13.1 Å². The third kappa shape index (κ3) is 5.67. The van der Waals surface area contributed by atoms with Gasteiger partial charge in [0.05, 0.1) is 17.2 Å². The zero-order chi connectivity index (χ0) is 16.5. The number of guanidine groups is 1. The van der Waals surface area contributed by atoms with E-state index in [1.807, 2.05) is 0 Å². The van der Waals surface area contributed by atoms with E-state index in [4.69, 9.17) is 0 Å². The Morgan fingerprint density at radius 3 is 2.74 bits per heavy atom. The number of nitrogens with zero attached hydrogens (tertiary/aromatic N) is 2. The van der Waals surface area contributed by atoms with Gasteiger partial charge in [0.15, 0.2) is 5.96 Å². The minimum Gasteiger partial charge on any atom is -0.357 e. The van der Waals surface area contributed by atoms with Crippen molar-refractivity contribution < 1.29 is 0 Å². The number of nitrogens with one attached hydrogen (secondary N) is 2. The molecule has 2 N–H and O–H groups in total. The first-order chi connectivity index (χ1) is 11.2. The van der Waals surface area contributed by atoms with E-state index in [1.165, 1.54) is 16.1 Å². The summed E-state index contributed by atoms with van der Waals surface area (Å²) in [4.78, 5) is 9.27. The summed E-state index contributed by atoms with van der Waals surface area (Å²) < 4.78 is 0. The van der Waals surface area contributed by atoms with Crippen LogP contribution in [0.3, 0.4) is 0 Å². The molecule has 2 aromatic rings. The van der Waals surface area contributed by atoms with Gasteiger partial charge in [0, 0.05) is 24.9 Å². The first-order valence-corrected chi connectivity index (χ1v) is 9.10. The minimum absolute atomic E-state index is 0.693. The Morgan fingerprint density at radius 2 is 2.04 bits per heavy atom. The predicted molar refractivity (Wildman–Crippen MR) is 99.2 cm³/mol. The van der Waals surface area contributed by atoms with Gasteiger partial charge in [-0.15, -0.1) is 11.3 Å². The van der Waals surface area contributed by atoms with Gasteiger partial charge in [-0.05, 0) is 31.4 Å². The molecule has 0 unspecified atom stereocenters. The summed E-state index contributed by atoms with van der Waals surface area (Å²) in [6.45, 7) is 8.74. The van der Waals surface area contributed by atoms with Crippen molar-refractivity contribution in [1.82, 2.24) is 15.6 Å². The first kappa shape index (κ1) is 17.5. The lowest BCUT2D eigenvalue weighted by atomic mass is 10.1. The largest absolute Gasteiger partial charge is 0.357 e. The number of thiazole rings is 1. The highest BCUT2D eigenvalue weighted by Gasteiger charge is 2.02. The molecule has 23 heavy (non-hydrogen) atoms. The Kier molecular flexibility index (Phi) is 7.07. The standard InChI is InChI=1S/C18H26N4S/c1-4-17-22-16(13-23-17)10-11-20-18(19-5-2)21-12-15-9-7-6-8-14(15)3/h6-9,13H,4-5,10-12H2,1-3H3,(H2,19,20,21). The molecule has 4 nitrogen and oxygen atoms in total. The molecule has 0 saturated heterocycles. The second kappa shape index (κ2) is 9.30. The van der Waals surface area contributed by atoms with Gasteiger partial charge in [0.1, 0.15) is 0 Å². The zero-order valence-electron chi connectivity index (χ0n) is 14.2. The van der Waals surface area contributed by atoms with Crippen LogP contribution in [-0.2, 0) is 19.4 Å². The highest BCUT2D eigenvalue weighted by Crippen LogP contribution is 2.10. The van der Waals surface area contributed by atoms with Gasteiger partial charge in [-0.25, -0.2) is 9.98 Å². The second-order valence-electron chi connectivity index (χ2n) is 5.38. The molecule has 0 aliphatic carbocycles. The lowest BCUT2D eigenvalue weighted by Crippen LogP contribution is -2.38. The van der Waals surface area contributed by atoms with Crippen LogP contribution in [-0.4, -0.2) is 24.0 Å². The molecular weight excluding hydrogens is 304 g/mol. The van der Waals surface area contributed by atoms with Crippen LogP contribution in [0.15, 0.2) is 34.6 Å². The Labute approximate surface area is 143 Å². The maximum atomic E-state index is 4.67. The molecule has 0 atom stereocenters. The maximum absolute atomic E-state index is 4.67. The van der Waals surface area contributed by atoms with E-state index in [0.29, 0.717) is 6.54 Å². The fourth-order valence-electron chi connectivity index (χ4n) is 2.23. The van der Waals surface area contributed by atoms with Crippen LogP contribution in [0.2, 0.25) is 0 Å². The van der Waals surface area contributed by atoms with Gasteiger partial charge in [0.2, 0.25) is 0 Å². The van der Waals surface area contributed by atoms with Crippen molar-refractivity contribution >= 4 is 17.3 Å². The summed E-state index contributed by atoms with van der Waals surface area (Å²) in [5.41, 5.74) is 3.70. The maximum Gasteiger partial charge on any atom is 0.191 e. The molecule has 0 bridgehead atoms. The van der Waals surface area contributed by atoms with E-state index < -0.39 is 0 Å². The van der Waals surface area contributed by atoms with Crippen molar-refractivity contribution in [2.45, 2.75) is 40.2 Å². The summed E-state index contributed by atoms with van der Waals surface area (Å²) in [5.74, 6) is 0.863. The molecule has 0 fully saturated rings. The van der Waals surface area contributed by atoms with E-state index in [9.17, 15) is 0 Å². The summed E-state index contributed by atoms with van der Waals surface area (Å²) in [7, 11) is 0. The van der Waals surface area contributed by atoms with Crippen LogP contribution in [0.4, 0.5) is 0 Å². The van der Waals surface area contributed by atoms with E-state index in [1.54, 1.807) is 11.3 Å². The SMILES string of the molecule is CCNC(=NCc1ccccc1C)NCCc1csc(CC)n1. The number of aryl methyl sites for hydroxylation is 2. The predicted octanol–water partition coefficient (Wildman–Crippen LogP) is 3.31. The monoisotopic (exact) mass is 330 g/mol. The van der Waals surface area contributed by atoms with Crippen molar-refractivity contribution in [3.8, 4) is 0 Å². The average Bonchev–Trinajstić information content (AvgIpc) is 3.02. The van der Waals surface area contributed by atoms with Crippen molar-refractivity contribution in [1.29, 1.82) is 0 Å². The zero-order valence-corrected chi connectivity index (χ0v) is 15.0. The second-order valence-corrected chi connectivity index (χ2v) is 6.33. The van der Waals surface area contributed by atoms with E-state index in [-0.39, 0.29) is 0 Å². The summed E-state index contributed by atoms with van der Waals surface area (Å²) in [6, 6.07) is 8.37. The van der Waals surface area contributed by atoms with E-state index in [0.717, 1.165) is 37.6 Å². The Morgan fingerprint density at radius 1 is 1.22 bits per heavy atom. The number of benzene rings is 1. The van der Waals surface area contributed by atoms with Crippen LogP contribution in [0.5, 0.6) is 0 Å². The Balaban J connectivity index is 1.87. The Bertz CT molecular complexity index is 633. The van der Waals surface area contributed by atoms with Crippen LogP contribution >= 0.6 is 11.3 Å². The van der Waals surface area contributed by atoms with Crippen LogP contribution in [0, 0.1) is 6.92 Å². The fourth-order valence-corrected chi connectivity index (χ4v) is 3.01. The van der Waals surface area contributed by atoms with Gasteiger partial charge in [-0.2, -0.15) is 0 Å². The van der Waals surface area contributed by atoms with E-state index >= 15 is 0 Å². The number of aliphatic imine (C=N–C) groups is 1. The lowest BCUT2D eigenvalue weighted by Gasteiger charge is -2.11. The first-order valence-electron chi connectivity index (χ1n) is 8.22. The molecule has 1 aromatic carbocycles. The van der Waals surface area contributed by atoms with E-state index in [2.05, 4.69) is 71.0 Å². The Hall–Kier alpha value is -1.88. The normalized spacial score (nSPS) is 11.5. The molecule has 0 amide bonds. The quantitative estimate of drug-likeness (QED) is 0.605. The number of hydrogen-bond acceptors (Lipinski definition) is 3. The van der Waals surface area contributed by atoms with Gasteiger partial charge in [-0.3, -0.25) is 0 Å². The number of rotatable bonds is 7. The minimum atomic E-state index is 0.693. The van der Waals surface area contributed by atoms with Gasteiger partial charge in [0.25, 0.3) is 0 Å². The highest BCUT2D eigenvalue weighted by molar-refractivity contribution is 7.09. The van der Waals surface area contributed by atoms with Crippen molar-refractivity contribution in [3.05, 3.63) is 51.5 Å². The molecule has 0 aliphatic heterocycles. The number of aromatic nitrogens is 1. The third-order valence-electron chi connectivity index (χ3n) is 3.59. The molecule has 0 aliphatic rings. The van der Waals surface area contributed by atoms with Gasteiger partial charge >= 0.3 is 0 Å². The topological polar surface area (TPSA) is 49.3 Å². The summed E-state index contributed by atoms with van der Waals surface area (Å²) in [5, 5.41) is 10.0. The smallest absolute Gasteiger partial charge is 0.191 e. The molecule has 2 rings (SSSR count). The molecule has 1 heterocycles.